The molecule has 0 aromatic rings. The first-order chi connectivity index (χ1) is 7.92. The Morgan fingerprint density at radius 2 is 2.06 bits per heavy atom. The Labute approximate surface area is 104 Å². The molecular weight excluding hydrogens is 216 g/mol. The summed E-state index contributed by atoms with van der Waals surface area (Å²) >= 11 is 0. The second-order valence-corrected chi connectivity index (χ2v) is 5.70. The van der Waals surface area contributed by atoms with E-state index in [2.05, 4.69) is 4.99 Å². The molecule has 0 heterocycles. The van der Waals surface area contributed by atoms with Gasteiger partial charge in [-0.2, -0.15) is 4.99 Å². The Morgan fingerprint density at radius 1 is 1.41 bits per heavy atom. The highest BCUT2D eigenvalue weighted by molar-refractivity contribution is 5.80. The second-order valence-electron chi connectivity index (χ2n) is 5.70. The van der Waals surface area contributed by atoms with Crippen LogP contribution in [0.25, 0.3) is 0 Å². The van der Waals surface area contributed by atoms with Crippen molar-refractivity contribution in [3.8, 4) is 0 Å². The minimum atomic E-state index is -0.501. The van der Waals surface area contributed by atoms with Crippen molar-refractivity contribution < 1.29 is 9.53 Å². The molecule has 1 saturated carbocycles. The highest BCUT2D eigenvalue weighted by atomic mass is 16.6. The molecule has 2 unspecified atom stereocenters. The Hall–Kier alpha value is -0.900. The van der Waals surface area contributed by atoms with Crippen LogP contribution >= 0.6 is 0 Å². The smallest absolute Gasteiger partial charge is 0.433 e. The predicted molar refractivity (Wildman–Crippen MR) is 69.2 cm³/mol. The largest absolute Gasteiger partial charge is 0.442 e. The zero-order chi connectivity index (χ0) is 12.9. The maximum Gasteiger partial charge on any atom is 0.433 e. The molecule has 1 rings (SSSR count). The van der Waals surface area contributed by atoms with E-state index < -0.39 is 11.7 Å². The van der Waals surface area contributed by atoms with Crippen molar-refractivity contribution >= 4 is 12.3 Å². The number of aliphatic imine (C=N–C) groups is 1. The van der Waals surface area contributed by atoms with Crippen LogP contribution in [0.1, 0.15) is 46.5 Å². The fraction of sp³-hybridized carbons (Fsp3) is 0.846. The van der Waals surface area contributed by atoms with Crippen LogP contribution in [-0.4, -0.2) is 24.5 Å². The van der Waals surface area contributed by atoms with Crippen LogP contribution in [0, 0.1) is 11.8 Å². The van der Waals surface area contributed by atoms with E-state index in [1.165, 1.54) is 12.8 Å². The van der Waals surface area contributed by atoms with Gasteiger partial charge in [-0.1, -0.05) is 12.8 Å². The first kappa shape index (κ1) is 14.2. The maximum absolute atomic E-state index is 11.4. The lowest BCUT2D eigenvalue weighted by Crippen LogP contribution is -2.28. The molecule has 0 aliphatic heterocycles. The van der Waals surface area contributed by atoms with Gasteiger partial charge in [0.15, 0.2) is 0 Å². The number of rotatable bonds is 2. The van der Waals surface area contributed by atoms with E-state index in [-0.39, 0.29) is 0 Å². The topological polar surface area (TPSA) is 64.7 Å². The molecule has 0 radical (unpaired) electrons. The van der Waals surface area contributed by atoms with Gasteiger partial charge >= 0.3 is 6.09 Å². The summed E-state index contributed by atoms with van der Waals surface area (Å²) in [6.45, 7) is 6.18. The molecule has 1 aliphatic carbocycles. The van der Waals surface area contributed by atoms with E-state index in [9.17, 15) is 4.79 Å². The lowest BCUT2D eigenvalue weighted by atomic mass is 9.80. The van der Waals surface area contributed by atoms with Crippen LogP contribution in [0.15, 0.2) is 4.99 Å². The van der Waals surface area contributed by atoms with Crippen molar-refractivity contribution in [2.45, 2.75) is 52.1 Å². The normalized spacial score (nSPS) is 26.1. The van der Waals surface area contributed by atoms with Gasteiger partial charge in [0.25, 0.3) is 0 Å². The minimum absolute atomic E-state index is 0.335. The van der Waals surface area contributed by atoms with Gasteiger partial charge < -0.3 is 10.5 Å². The summed E-state index contributed by atoms with van der Waals surface area (Å²) in [6, 6.07) is 0. The molecular formula is C13H24N2O2. The van der Waals surface area contributed by atoms with Gasteiger partial charge in [-0.25, -0.2) is 4.79 Å². The van der Waals surface area contributed by atoms with E-state index in [0.717, 1.165) is 12.8 Å². The van der Waals surface area contributed by atoms with Crippen molar-refractivity contribution in [3.05, 3.63) is 0 Å². The van der Waals surface area contributed by atoms with E-state index in [4.69, 9.17) is 10.5 Å². The molecule has 2 N–H and O–H groups in total. The second kappa shape index (κ2) is 6.15. The predicted octanol–water partition coefficient (Wildman–Crippen LogP) is 2.76. The molecule has 17 heavy (non-hydrogen) atoms. The first-order valence-corrected chi connectivity index (χ1v) is 6.39. The zero-order valence-electron chi connectivity index (χ0n) is 11.1. The molecule has 1 fully saturated rings. The van der Waals surface area contributed by atoms with Gasteiger partial charge in [0.2, 0.25) is 0 Å². The van der Waals surface area contributed by atoms with Gasteiger partial charge in [0.05, 0.1) is 0 Å². The Balaban J connectivity index is 2.48. The number of ether oxygens (including phenoxy) is 1. The quantitative estimate of drug-likeness (QED) is 0.755. The minimum Gasteiger partial charge on any atom is -0.442 e. The highest BCUT2D eigenvalue weighted by Gasteiger charge is 2.23. The van der Waals surface area contributed by atoms with Crippen LogP contribution in [0.2, 0.25) is 0 Å². The number of carbonyl (C=O) groups excluding carboxylic acids is 1. The van der Waals surface area contributed by atoms with Gasteiger partial charge in [0, 0.05) is 6.21 Å². The number of nitrogens with zero attached hydrogens (tertiary/aromatic N) is 1. The van der Waals surface area contributed by atoms with Crippen molar-refractivity contribution in [1.82, 2.24) is 0 Å². The first-order valence-electron chi connectivity index (χ1n) is 6.39. The average molecular weight is 240 g/mol. The van der Waals surface area contributed by atoms with E-state index in [1.54, 1.807) is 6.21 Å². The van der Waals surface area contributed by atoms with Crippen LogP contribution in [0.4, 0.5) is 4.79 Å². The van der Waals surface area contributed by atoms with Crippen LogP contribution in [0.5, 0.6) is 0 Å². The molecule has 0 aromatic carbocycles. The fourth-order valence-electron chi connectivity index (χ4n) is 2.17. The number of hydrogen-bond acceptors (Lipinski definition) is 3. The van der Waals surface area contributed by atoms with Gasteiger partial charge in [-0.15, -0.1) is 0 Å². The Bertz CT molecular complexity index is 282. The molecule has 0 aromatic heterocycles. The van der Waals surface area contributed by atoms with Crippen molar-refractivity contribution in [2.75, 3.05) is 6.54 Å². The third kappa shape index (κ3) is 5.31. The van der Waals surface area contributed by atoms with Gasteiger partial charge in [0.1, 0.15) is 5.60 Å². The Morgan fingerprint density at radius 3 is 2.65 bits per heavy atom. The summed E-state index contributed by atoms with van der Waals surface area (Å²) < 4.78 is 5.13. The summed E-state index contributed by atoms with van der Waals surface area (Å²) in [7, 11) is 0. The van der Waals surface area contributed by atoms with E-state index >= 15 is 0 Å². The molecule has 0 saturated heterocycles. The highest BCUT2D eigenvalue weighted by Crippen LogP contribution is 2.27. The lowest BCUT2D eigenvalue weighted by Gasteiger charge is -2.27. The third-order valence-electron chi connectivity index (χ3n) is 3.04. The fourth-order valence-corrected chi connectivity index (χ4v) is 2.17. The molecule has 4 heteroatoms. The number of amides is 1. The lowest BCUT2D eigenvalue weighted by molar-refractivity contribution is 0.0604. The summed E-state index contributed by atoms with van der Waals surface area (Å²) in [5.41, 5.74) is 5.25. The van der Waals surface area contributed by atoms with Crippen LogP contribution < -0.4 is 5.73 Å². The summed E-state index contributed by atoms with van der Waals surface area (Å²) in [5, 5.41) is 0. The van der Waals surface area contributed by atoms with Crippen molar-refractivity contribution in [2.24, 2.45) is 22.6 Å². The molecule has 0 bridgehead atoms. The Kier molecular flexibility index (Phi) is 5.12. The maximum atomic E-state index is 11.4. The van der Waals surface area contributed by atoms with Gasteiger partial charge in [-0.05, 0) is 52.0 Å². The third-order valence-corrected chi connectivity index (χ3v) is 3.04. The van der Waals surface area contributed by atoms with Crippen LogP contribution in [-0.2, 0) is 4.74 Å². The number of hydrogen-bond donors (Lipinski definition) is 1. The molecule has 1 aliphatic rings. The molecule has 1 amide bonds. The number of carbonyl (C=O) groups is 1. The monoisotopic (exact) mass is 240 g/mol. The van der Waals surface area contributed by atoms with E-state index in [1.807, 2.05) is 20.8 Å². The zero-order valence-corrected chi connectivity index (χ0v) is 11.1. The van der Waals surface area contributed by atoms with Crippen molar-refractivity contribution in [1.29, 1.82) is 0 Å². The standard InChI is InChI=1S/C13H24N2O2/c1-13(2,3)17-12(16)15-9-11-7-5-4-6-10(11)8-14/h9-11H,4-8,14H2,1-3H3. The summed E-state index contributed by atoms with van der Waals surface area (Å²) in [6.07, 6.45) is 5.89. The summed E-state index contributed by atoms with van der Waals surface area (Å²) in [4.78, 5) is 15.3. The molecule has 2 atom stereocenters. The number of nitrogens with two attached hydrogens (primary N) is 1. The summed E-state index contributed by atoms with van der Waals surface area (Å²) in [5.74, 6) is 0.802. The average Bonchev–Trinajstić information content (AvgIpc) is 2.24. The van der Waals surface area contributed by atoms with Gasteiger partial charge in [-0.3, -0.25) is 0 Å². The molecule has 0 spiro atoms. The van der Waals surface area contributed by atoms with Crippen molar-refractivity contribution in [3.63, 3.8) is 0 Å². The SMILES string of the molecule is CC(C)(C)OC(=O)N=CC1CCCCC1CN. The molecule has 4 nitrogen and oxygen atoms in total. The molecule has 98 valence electrons. The van der Waals surface area contributed by atoms with Crippen LogP contribution in [0.3, 0.4) is 0 Å². The van der Waals surface area contributed by atoms with E-state index in [0.29, 0.717) is 18.4 Å².